The lowest BCUT2D eigenvalue weighted by Gasteiger charge is -2.05. The maximum absolute atomic E-state index is 4.40. The van der Waals surface area contributed by atoms with Crippen LogP contribution >= 0.6 is 0 Å². The SMILES string of the molecule is c1cn(CCNc2ccn3nccc3n2)nn1. The van der Waals surface area contributed by atoms with Crippen LogP contribution in [0.25, 0.3) is 5.65 Å². The van der Waals surface area contributed by atoms with Crippen molar-refractivity contribution in [2.75, 3.05) is 11.9 Å². The minimum atomic E-state index is 0.751. The lowest BCUT2D eigenvalue weighted by Crippen LogP contribution is -2.12. The summed E-state index contributed by atoms with van der Waals surface area (Å²) in [7, 11) is 0. The molecule has 0 spiro atoms. The molecule has 0 aromatic carbocycles. The molecule has 0 aliphatic carbocycles. The molecule has 17 heavy (non-hydrogen) atoms. The lowest BCUT2D eigenvalue weighted by atomic mass is 10.5. The molecule has 0 atom stereocenters. The van der Waals surface area contributed by atoms with Crippen molar-refractivity contribution in [2.45, 2.75) is 6.54 Å². The number of rotatable bonds is 4. The van der Waals surface area contributed by atoms with Crippen LogP contribution in [0, 0.1) is 0 Å². The van der Waals surface area contributed by atoms with Gasteiger partial charge in [0.25, 0.3) is 0 Å². The van der Waals surface area contributed by atoms with Gasteiger partial charge in [0.15, 0.2) is 5.65 Å². The lowest BCUT2D eigenvalue weighted by molar-refractivity contribution is 0.608. The second-order valence-corrected chi connectivity index (χ2v) is 3.54. The highest BCUT2D eigenvalue weighted by Gasteiger charge is 1.98. The maximum Gasteiger partial charge on any atom is 0.157 e. The third-order valence-electron chi connectivity index (χ3n) is 2.38. The number of hydrogen-bond acceptors (Lipinski definition) is 5. The summed E-state index contributed by atoms with van der Waals surface area (Å²) >= 11 is 0. The van der Waals surface area contributed by atoms with E-state index >= 15 is 0 Å². The number of anilines is 1. The van der Waals surface area contributed by atoms with E-state index in [0.717, 1.165) is 24.6 Å². The van der Waals surface area contributed by atoms with Crippen molar-refractivity contribution in [3.63, 3.8) is 0 Å². The molecular weight excluding hydrogens is 218 g/mol. The van der Waals surface area contributed by atoms with Crippen molar-refractivity contribution >= 4 is 11.5 Å². The van der Waals surface area contributed by atoms with E-state index in [2.05, 4.69) is 25.7 Å². The predicted octanol–water partition coefficient (Wildman–Crippen LogP) is 0.433. The largest absolute Gasteiger partial charge is 0.368 e. The van der Waals surface area contributed by atoms with E-state index in [-0.39, 0.29) is 0 Å². The number of aromatic nitrogens is 6. The van der Waals surface area contributed by atoms with Crippen LogP contribution in [0.4, 0.5) is 5.82 Å². The molecular formula is C10H11N7. The Hall–Kier alpha value is -2.44. The molecule has 0 unspecified atom stereocenters. The van der Waals surface area contributed by atoms with E-state index < -0.39 is 0 Å². The molecule has 3 aromatic heterocycles. The van der Waals surface area contributed by atoms with Gasteiger partial charge in [-0.05, 0) is 6.07 Å². The molecule has 3 rings (SSSR count). The molecule has 0 saturated carbocycles. The minimum absolute atomic E-state index is 0.751. The maximum atomic E-state index is 4.40. The van der Waals surface area contributed by atoms with E-state index in [4.69, 9.17) is 0 Å². The second-order valence-electron chi connectivity index (χ2n) is 3.54. The quantitative estimate of drug-likeness (QED) is 0.702. The van der Waals surface area contributed by atoms with Gasteiger partial charge in [0.2, 0.25) is 0 Å². The van der Waals surface area contributed by atoms with Crippen molar-refractivity contribution < 1.29 is 0 Å². The average Bonchev–Trinajstić information content (AvgIpc) is 2.98. The zero-order valence-electron chi connectivity index (χ0n) is 9.06. The van der Waals surface area contributed by atoms with Crippen molar-refractivity contribution in [3.05, 3.63) is 36.9 Å². The van der Waals surface area contributed by atoms with Crippen LogP contribution in [0.3, 0.4) is 0 Å². The molecule has 1 N–H and O–H groups in total. The zero-order valence-corrected chi connectivity index (χ0v) is 9.06. The van der Waals surface area contributed by atoms with E-state index in [1.807, 2.05) is 24.5 Å². The van der Waals surface area contributed by atoms with Gasteiger partial charge in [-0.1, -0.05) is 5.21 Å². The normalized spacial score (nSPS) is 10.8. The number of nitrogens with zero attached hydrogens (tertiary/aromatic N) is 6. The van der Waals surface area contributed by atoms with Crippen molar-refractivity contribution in [1.29, 1.82) is 0 Å². The second kappa shape index (κ2) is 4.20. The first-order valence-corrected chi connectivity index (χ1v) is 5.30. The summed E-state index contributed by atoms with van der Waals surface area (Å²) in [5.74, 6) is 0.832. The topological polar surface area (TPSA) is 72.9 Å². The molecule has 0 aliphatic heterocycles. The monoisotopic (exact) mass is 229 g/mol. The summed E-state index contributed by atoms with van der Waals surface area (Å²) < 4.78 is 3.49. The smallest absolute Gasteiger partial charge is 0.157 e. The van der Waals surface area contributed by atoms with E-state index in [9.17, 15) is 0 Å². The molecule has 0 amide bonds. The van der Waals surface area contributed by atoms with Crippen molar-refractivity contribution in [2.24, 2.45) is 0 Å². The van der Waals surface area contributed by atoms with Gasteiger partial charge in [-0.2, -0.15) is 5.10 Å². The highest BCUT2D eigenvalue weighted by atomic mass is 15.4. The Morgan fingerprint density at radius 1 is 1.18 bits per heavy atom. The Labute approximate surface area is 97.1 Å². The first kappa shape index (κ1) is 9.76. The zero-order chi connectivity index (χ0) is 11.5. The van der Waals surface area contributed by atoms with Crippen LogP contribution in [-0.2, 0) is 6.54 Å². The Bertz CT molecular complexity index is 598. The first-order chi connectivity index (χ1) is 8.42. The molecule has 0 saturated heterocycles. The molecule has 0 radical (unpaired) electrons. The summed E-state index contributed by atoms with van der Waals surface area (Å²) in [6.07, 6.45) is 7.09. The van der Waals surface area contributed by atoms with Gasteiger partial charge >= 0.3 is 0 Å². The molecule has 7 heteroatoms. The average molecular weight is 229 g/mol. The predicted molar refractivity (Wildman–Crippen MR) is 61.5 cm³/mol. The number of hydrogen-bond donors (Lipinski definition) is 1. The standard InChI is InChI=1S/C10H11N7/c1-3-13-17-6-2-9(14-10(1)17)11-4-7-16-8-5-12-15-16/h1-3,5-6,8H,4,7H2,(H,11,14). The van der Waals surface area contributed by atoms with Gasteiger partial charge in [-0.15, -0.1) is 5.10 Å². The van der Waals surface area contributed by atoms with Gasteiger partial charge < -0.3 is 5.32 Å². The molecule has 7 nitrogen and oxygen atoms in total. The van der Waals surface area contributed by atoms with E-state index in [0.29, 0.717) is 0 Å². The molecule has 0 aliphatic rings. The van der Waals surface area contributed by atoms with Crippen molar-refractivity contribution in [3.8, 4) is 0 Å². The van der Waals surface area contributed by atoms with Crippen LogP contribution in [0.1, 0.15) is 0 Å². The third-order valence-corrected chi connectivity index (χ3v) is 2.38. The van der Waals surface area contributed by atoms with E-state index in [1.165, 1.54) is 0 Å². The Morgan fingerprint density at radius 3 is 3.06 bits per heavy atom. The number of fused-ring (bicyclic) bond motifs is 1. The summed E-state index contributed by atoms with van der Waals surface area (Å²) in [5, 5.41) is 14.9. The van der Waals surface area contributed by atoms with E-state index in [1.54, 1.807) is 21.6 Å². The highest BCUT2D eigenvalue weighted by Crippen LogP contribution is 2.05. The fourth-order valence-electron chi connectivity index (χ4n) is 1.56. The fraction of sp³-hybridized carbons (Fsp3) is 0.200. The fourth-order valence-corrected chi connectivity index (χ4v) is 1.56. The molecule has 0 fully saturated rings. The number of nitrogens with one attached hydrogen (secondary N) is 1. The van der Waals surface area contributed by atoms with Crippen molar-refractivity contribution in [1.82, 2.24) is 29.6 Å². The first-order valence-electron chi connectivity index (χ1n) is 5.30. The van der Waals surface area contributed by atoms with Gasteiger partial charge in [0, 0.05) is 25.0 Å². The van der Waals surface area contributed by atoms with Crippen LogP contribution in [-0.4, -0.2) is 36.1 Å². The van der Waals surface area contributed by atoms with Crippen LogP contribution in [0.5, 0.6) is 0 Å². The summed E-state index contributed by atoms with van der Waals surface area (Å²) in [6.45, 7) is 1.51. The molecule has 0 bridgehead atoms. The summed E-state index contributed by atoms with van der Waals surface area (Å²) in [6, 6.07) is 3.75. The Kier molecular flexibility index (Phi) is 2.41. The molecule has 86 valence electrons. The minimum Gasteiger partial charge on any atom is -0.368 e. The Balaban J connectivity index is 1.64. The van der Waals surface area contributed by atoms with Gasteiger partial charge in [-0.25, -0.2) is 9.50 Å². The van der Waals surface area contributed by atoms with Crippen LogP contribution in [0.15, 0.2) is 36.9 Å². The van der Waals surface area contributed by atoms with Gasteiger partial charge in [0.1, 0.15) is 5.82 Å². The third kappa shape index (κ3) is 2.07. The van der Waals surface area contributed by atoms with Crippen LogP contribution < -0.4 is 5.32 Å². The summed E-state index contributed by atoms with van der Waals surface area (Å²) in [4.78, 5) is 4.40. The summed E-state index contributed by atoms with van der Waals surface area (Å²) in [5.41, 5.74) is 0.829. The molecule has 3 heterocycles. The van der Waals surface area contributed by atoms with Gasteiger partial charge in [-0.3, -0.25) is 4.68 Å². The molecule has 3 aromatic rings. The highest BCUT2D eigenvalue weighted by molar-refractivity contribution is 5.45. The van der Waals surface area contributed by atoms with Gasteiger partial charge in [0.05, 0.1) is 18.9 Å². The Morgan fingerprint density at radius 2 is 2.18 bits per heavy atom. The van der Waals surface area contributed by atoms with Crippen LogP contribution in [0.2, 0.25) is 0 Å².